The monoisotopic (exact) mass is 628 g/mol. The summed E-state index contributed by atoms with van der Waals surface area (Å²) in [7, 11) is 5.83. The Hall–Kier alpha value is -1.31. The van der Waals surface area contributed by atoms with Gasteiger partial charge in [-0.25, -0.2) is 0 Å². The predicted octanol–water partition coefficient (Wildman–Crippen LogP) is 2.55. The van der Waals surface area contributed by atoms with Crippen molar-refractivity contribution in [1.29, 1.82) is 0 Å². The first-order chi connectivity index (χ1) is 20.4. The molecule has 11 nitrogen and oxygen atoms in total. The van der Waals surface area contributed by atoms with E-state index in [2.05, 4.69) is 11.8 Å². The first kappa shape index (κ1) is 37.2. The van der Waals surface area contributed by atoms with Crippen LogP contribution in [-0.2, 0) is 28.5 Å². The van der Waals surface area contributed by atoms with E-state index in [9.17, 15) is 20.1 Å². The zero-order valence-electron chi connectivity index (χ0n) is 28.8. The van der Waals surface area contributed by atoms with Crippen molar-refractivity contribution >= 4 is 5.97 Å². The molecule has 0 saturated carbocycles. The van der Waals surface area contributed by atoms with Crippen LogP contribution >= 0.6 is 0 Å². The fourth-order valence-electron chi connectivity index (χ4n) is 7.50. The molecule has 2 unspecified atom stereocenters. The molecule has 2 bridgehead atoms. The summed E-state index contributed by atoms with van der Waals surface area (Å²) < 4.78 is 31.7. The van der Waals surface area contributed by atoms with Crippen molar-refractivity contribution in [3.8, 4) is 0 Å². The summed E-state index contributed by atoms with van der Waals surface area (Å²) in [6, 6.07) is -0.433. The van der Waals surface area contributed by atoms with Gasteiger partial charge in [0.15, 0.2) is 6.29 Å². The van der Waals surface area contributed by atoms with Crippen LogP contribution in [0.3, 0.4) is 0 Å². The second kappa shape index (κ2) is 15.1. The summed E-state index contributed by atoms with van der Waals surface area (Å²) in [4.78, 5) is 17.7. The Balaban J connectivity index is 2.15. The molecule has 2 fully saturated rings. The van der Waals surface area contributed by atoms with Crippen LogP contribution in [-0.4, -0.2) is 132 Å². The number of nitrogens with zero attached hydrogens (tertiary/aromatic N) is 2. The largest absolute Gasteiger partial charge is 0.493 e. The number of hydrogen-bond donors (Lipinski definition) is 3. The van der Waals surface area contributed by atoms with Crippen molar-refractivity contribution in [2.75, 3.05) is 34.3 Å². The standard InChI is InChI=1S/C33H60N2O9/c1-12-25-33(8,39)29-23(6)35(11)18-19(2)17-32(7,41-15-13-14-40-29)28(21(4)26(36)22(5)30(38)43-25)44-31-27(37)24(34(9)10)16-20(3)42-31/h13-14,19-29,31,36-37,39H,12,15-18H2,1-11H3/b14-13+/t19-,20-,21+,22?,23-,24+,25-,26?,27-,28-,29+,31+,32-,33-/m1/s1. The Morgan fingerprint density at radius 1 is 1.11 bits per heavy atom. The minimum absolute atomic E-state index is 0.0879. The first-order valence-corrected chi connectivity index (χ1v) is 16.4. The highest BCUT2D eigenvalue weighted by molar-refractivity contribution is 5.73. The Morgan fingerprint density at radius 2 is 1.77 bits per heavy atom. The molecule has 2 saturated heterocycles. The van der Waals surface area contributed by atoms with Gasteiger partial charge in [0.1, 0.15) is 23.9 Å². The highest BCUT2D eigenvalue weighted by Crippen LogP contribution is 2.39. The quantitative estimate of drug-likeness (QED) is 0.397. The number of carbonyl (C=O) groups excluding carboxylic acids is 1. The minimum atomic E-state index is -1.54. The summed E-state index contributed by atoms with van der Waals surface area (Å²) in [5, 5.41) is 35.0. The third-order valence-electron chi connectivity index (χ3n) is 10.2. The van der Waals surface area contributed by atoms with E-state index < -0.39 is 65.8 Å². The second-order valence-corrected chi connectivity index (χ2v) is 14.4. The minimum Gasteiger partial charge on any atom is -0.493 e. The molecule has 4 rings (SSSR count). The molecule has 14 atom stereocenters. The van der Waals surface area contributed by atoms with Gasteiger partial charge in [0.2, 0.25) is 0 Å². The third-order valence-corrected chi connectivity index (χ3v) is 10.2. The number of fused-ring (bicyclic) bond motifs is 14. The van der Waals surface area contributed by atoms with Gasteiger partial charge in [0, 0.05) is 24.5 Å². The lowest BCUT2D eigenvalue weighted by atomic mass is 9.77. The lowest BCUT2D eigenvalue weighted by Gasteiger charge is -2.48. The number of rotatable bonds is 4. The highest BCUT2D eigenvalue weighted by atomic mass is 16.7. The van der Waals surface area contributed by atoms with E-state index >= 15 is 0 Å². The number of likely N-dealkylation sites (N-methyl/N-ethyl adjacent to an activating group) is 2. The lowest BCUT2D eigenvalue weighted by Crippen LogP contribution is -2.60. The van der Waals surface area contributed by atoms with Crippen molar-refractivity contribution in [2.45, 2.75) is 141 Å². The van der Waals surface area contributed by atoms with Gasteiger partial charge in [-0.2, -0.15) is 0 Å². The van der Waals surface area contributed by atoms with E-state index in [1.807, 2.05) is 60.7 Å². The van der Waals surface area contributed by atoms with Crippen LogP contribution in [0.25, 0.3) is 0 Å². The molecular weight excluding hydrogens is 568 g/mol. The van der Waals surface area contributed by atoms with Gasteiger partial charge in [-0.15, -0.1) is 0 Å². The van der Waals surface area contributed by atoms with Gasteiger partial charge >= 0.3 is 5.97 Å². The molecule has 0 aliphatic carbocycles. The maximum absolute atomic E-state index is 13.6. The summed E-state index contributed by atoms with van der Waals surface area (Å²) in [6.07, 6.45) is -0.836. The van der Waals surface area contributed by atoms with E-state index in [0.29, 0.717) is 25.8 Å². The molecule has 3 N–H and O–H groups in total. The third kappa shape index (κ3) is 8.15. The molecule has 256 valence electrons. The van der Waals surface area contributed by atoms with Crippen LogP contribution in [0, 0.1) is 17.8 Å². The van der Waals surface area contributed by atoms with Crippen LogP contribution in [0.2, 0.25) is 0 Å². The van der Waals surface area contributed by atoms with E-state index in [1.165, 1.54) is 6.26 Å². The van der Waals surface area contributed by atoms with Crippen molar-refractivity contribution in [1.82, 2.24) is 9.80 Å². The smallest absolute Gasteiger partial charge is 0.311 e. The fourth-order valence-corrected chi connectivity index (χ4v) is 7.50. The zero-order chi connectivity index (χ0) is 33.1. The van der Waals surface area contributed by atoms with E-state index in [-0.39, 0.29) is 30.7 Å². The first-order valence-electron chi connectivity index (χ1n) is 16.4. The van der Waals surface area contributed by atoms with Crippen LogP contribution in [0.1, 0.15) is 74.7 Å². The topological polar surface area (TPSA) is 130 Å². The van der Waals surface area contributed by atoms with Crippen LogP contribution in [0.5, 0.6) is 0 Å². The Kier molecular flexibility index (Phi) is 12.7. The number of aliphatic hydroxyl groups excluding tert-OH is 2. The molecule has 0 radical (unpaired) electrons. The lowest BCUT2D eigenvalue weighted by molar-refractivity contribution is -0.303. The number of esters is 1. The average molecular weight is 629 g/mol. The van der Waals surface area contributed by atoms with Crippen molar-refractivity contribution < 1.29 is 43.8 Å². The molecule has 4 aliphatic heterocycles. The number of ether oxygens (including phenoxy) is 5. The van der Waals surface area contributed by atoms with Crippen LogP contribution < -0.4 is 0 Å². The number of aliphatic hydroxyl groups is 3. The molecule has 0 aromatic carbocycles. The molecule has 0 aromatic heterocycles. The van der Waals surface area contributed by atoms with Gasteiger partial charge in [0.05, 0.1) is 42.7 Å². The zero-order valence-corrected chi connectivity index (χ0v) is 28.8. The summed E-state index contributed by atoms with van der Waals surface area (Å²) >= 11 is 0. The van der Waals surface area contributed by atoms with Crippen LogP contribution in [0.15, 0.2) is 12.3 Å². The van der Waals surface area contributed by atoms with Gasteiger partial charge in [-0.1, -0.05) is 20.8 Å². The van der Waals surface area contributed by atoms with Crippen molar-refractivity contribution in [3.05, 3.63) is 12.3 Å². The molecule has 0 aromatic rings. The van der Waals surface area contributed by atoms with E-state index in [4.69, 9.17) is 23.7 Å². The Labute approximate surface area is 264 Å². The molecular formula is C33H60N2O9. The molecule has 4 heterocycles. The Bertz CT molecular complexity index is 964. The predicted molar refractivity (Wildman–Crippen MR) is 167 cm³/mol. The fraction of sp³-hybridized carbons (Fsp3) is 0.909. The van der Waals surface area contributed by atoms with E-state index in [0.717, 1.165) is 0 Å². The molecule has 0 spiro atoms. The molecule has 0 amide bonds. The average Bonchev–Trinajstić information content (AvgIpc) is 2.94. The maximum Gasteiger partial charge on any atom is 0.311 e. The van der Waals surface area contributed by atoms with Crippen LogP contribution in [0.4, 0.5) is 0 Å². The SMILES string of the molecule is CC[C@H]1OC(=O)C(C)C(O)[C@H](C)[C@@H](O[C@@H]2O[C@H](C)C[C@H](N(C)C)[C@H]2O)[C@@]2(C)C[C@@H](C)CN(C)[C@H](C)[C@H](O/C=C/CO2)[C@]1(C)O. The highest BCUT2D eigenvalue weighted by Gasteiger charge is 2.51. The van der Waals surface area contributed by atoms with Gasteiger partial charge in [-0.3, -0.25) is 9.69 Å². The summed E-state index contributed by atoms with van der Waals surface area (Å²) in [5.74, 6) is -2.12. The number of hydrogen-bond acceptors (Lipinski definition) is 11. The normalized spacial score (nSPS) is 47.8. The second-order valence-electron chi connectivity index (χ2n) is 14.4. The summed E-state index contributed by atoms with van der Waals surface area (Å²) in [6.45, 7) is 15.8. The molecule has 11 heteroatoms. The maximum atomic E-state index is 13.6. The molecule has 4 aliphatic rings. The Morgan fingerprint density at radius 3 is 2.39 bits per heavy atom. The van der Waals surface area contributed by atoms with E-state index in [1.54, 1.807) is 19.9 Å². The van der Waals surface area contributed by atoms with Crippen molar-refractivity contribution in [2.24, 2.45) is 17.8 Å². The summed E-state index contributed by atoms with van der Waals surface area (Å²) in [5.41, 5.74) is -2.51. The van der Waals surface area contributed by atoms with Crippen molar-refractivity contribution in [3.63, 3.8) is 0 Å². The molecule has 44 heavy (non-hydrogen) atoms. The van der Waals surface area contributed by atoms with Gasteiger partial charge < -0.3 is 43.9 Å². The number of carbonyl (C=O) groups is 1. The van der Waals surface area contributed by atoms with Gasteiger partial charge in [-0.05, 0) is 87.0 Å². The van der Waals surface area contributed by atoms with Gasteiger partial charge in [0.25, 0.3) is 0 Å².